The van der Waals surface area contributed by atoms with Gasteiger partial charge in [0.1, 0.15) is 5.69 Å². The van der Waals surface area contributed by atoms with Crippen molar-refractivity contribution in [1.82, 2.24) is 19.7 Å². The lowest BCUT2D eigenvalue weighted by molar-refractivity contribution is 0.0946. The number of pyridine rings is 1. The topological polar surface area (TPSA) is 59.3 Å². The normalized spacial score (nSPS) is 10.8. The zero-order valence-corrected chi connectivity index (χ0v) is 11.1. The number of carbonyl (C=O) groups is 1. The molecule has 3 rings (SSSR count). The van der Waals surface area contributed by atoms with Gasteiger partial charge >= 0.3 is 0 Å². The summed E-state index contributed by atoms with van der Waals surface area (Å²) in [5.41, 5.74) is 1.26. The van der Waals surface area contributed by atoms with E-state index in [9.17, 15) is 4.79 Å². The Balaban J connectivity index is 1.71. The van der Waals surface area contributed by atoms with Gasteiger partial charge in [0.15, 0.2) is 4.96 Å². The standard InChI is InChI=1S/C13H12N4OS/c1-9-7-17-8-11(16-13(17)19-9)12(18)15-6-10-4-2-3-5-14-10/h2-5,7-8H,6H2,1H3,(H,15,18). The molecule has 5 nitrogen and oxygen atoms in total. The number of hydrogen-bond donors (Lipinski definition) is 1. The molecule has 0 fully saturated rings. The Hall–Kier alpha value is -2.21. The first-order chi connectivity index (χ1) is 9.22. The number of carbonyl (C=O) groups excluding carboxylic acids is 1. The van der Waals surface area contributed by atoms with Crippen molar-refractivity contribution in [2.24, 2.45) is 0 Å². The van der Waals surface area contributed by atoms with Crippen LogP contribution in [0.5, 0.6) is 0 Å². The fourth-order valence-corrected chi connectivity index (χ4v) is 2.59. The summed E-state index contributed by atoms with van der Waals surface area (Å²) in [4.78, 5) is 22.4. The molecule has 0 aromatic carbocycles. The van der Waals surface area contributed by atoms with Crippen LogP contribution in [0.2, 0.25) is 0 Å². The van der Waals surface area contributed by atoms with Gasteiger partial charge in [-0.05, 0) is 19.1 Å². The fraction of sp³-hybridized carbons (Fsp3) is 0.154. The Bertz CT molecular complexity index is 685. The maximum Gasteiger partial charge on any atom is 0.271 e. The molecule has 0 aliphatic rings. The van der Waals surface area contributed by atoms with Crippen LogP contribution in [-0.2, 0) is 6.54 Å². The molecule has 0 saturated carbocycles. The smallest absolute Gasteiger partial charge is 0.271 e. The molecule has 0 aliphatic carbocycles. The maximum absolute atomic E-state index is 12.0. The lowest BCUT2D eigenvalue weighted by atomic mass is 10.3. The summed E-state index contributed by atoms with van der Waals surface area (Å²) in [5, 5.41) is 2.81. The van der Waals surface area contributed by atoms with Crippen LogP contribution in [0.4, 0.5) is 0 Å². The molecule has 0 radical (unpaired) electrons. The first-order valence-electron chi connectivity index (χ1n) is 5.85. The van der Waals surface area contributed by atoms with Crippen LogP contribution >= 0.6 is 11.3 Å². The molecule has 3 heterocycles. The molecule has 0 aliphatic heterocycles. The largest absolute Gasteiger partial charge is 0.345 e. The summed E-state index contributed by atoms with van der Waals surface area (Å²) in [6.45, 7) is 2.42. The summed E-state index contributed by atoms with van der Waals surface area (Å²) >= 11 is 1.56. The zero-order chi connectivity index (χ0) is 13.2. The van der Waals surface area contributed by atoms with Gasteiger partial charge in [-0.1, -0.05) is 6.07 Å². The first kappa shape index (κ1) is 11.9. The number of nitrogens with one attached hydrogen (secondary N) is 1. The van der Waals surface area contributed by atoms with Gasteiger partial charge in [-0.3, -0.25) is 14.2 Å². The monoisotopic (exact) mass is 272 g/mol. The third-order valence-corrected chi connectivity index (χ3v) is 3.57. The van der Waals surface area contributed by atoms with Gasteiger partial charge in [0, 0.05) is 23.5 Å². The van der Waals surface area contributed by atoms with E-state index in [1.165, 1.54) is 4.88 Å². The van der Waals surface area contributed by atoms with Crippen molar-refractivity contribution in [1.29, 1.82) is 0 Å². The molecule has 19 heavy (non-hydrogen) atoms. The maximum atomic E-state index is 12.0. The Morgan fingerprint density at radius 3 is 3.05 bits per heavy atom. The van der Waals surface area contributed by atoms with Crippen LogP contribution in [0.25, 0.3) is 4.96 Å². The number of aromatic nitrogens is 3. The number of hydrogen-bond acceptors (Lipinski definition) is 4. The average Bonchev–Trinajstić information content (AvgIpc) is 2.94. The molecular formula is C13H12N4OS. The van der Waals surface area contributed by atoms with E-state index in [4.69, 9.17) is 0 Å². The molecule has 1 amide bonds. The molecule has 3 aromatic rings. The highest BCUT2D eigenvalue weighted by molar-refractivity contribution is 7.17. The van der Waals surface area contributed by atoms with E-state index in [0.29, 0.717) is 12.2 Å². The van der Waals surface area contributed by atoms with Crippen molar-refractivity contribution in [2.45, 2.75) is 13.5 Å². The molecule has 0 spiro atoms. The summed E-state index contributed by atoms with van der Waals surface area (Å²) in [6.07, 6.45) is 5.41. The number of thiazole rings is 1. The Morgan fingerprint density at radius 2 is 2.32 bits per heavy atom. The van der Waals surface area contributed by atoms with Gasteiger partial charge in [0.2, 0.25) is 0 Å². The Kier molecular flexibility index (Phi) is 3.00. The van der Waals surface area contributed by atoms with Crippen molar-refractivity contribution < 1.29 is 4.79 Å². The van der Waals surface area contributed by atoms with Crippen molar-refractivity contribution in [3.05, 3.63) is 53.1 Å². The van der Waals surface area contributed by atoms with Crippen LogP contribution in [0, 0.1) is 6.92 Å². The lowest BCUT2D eigenvalue weighted by Crippen LogP contribution is -2.23. The Morgan fingerprint density at radius 1 is 1.42 bits per heavy atom. The van der Waals surface area contributed by atoms with Crippen LogP contribution < -0.4 is 5.32 Å². The predicted molar refractivity (Wildman–Crippen MR) is 73.2 cm³/mol. The zero-order valence-electron chi connectivity index (χ0n) is 10.3. The molecule has 1 N–H and O–H groups in total. The lowest BCUT2D eigenvalue weighted by Gasteiger charge is -2.01. The van der Waals surface area contributed by atoms with E-state index in [-0.39, 0.29) is 5.91 Å². The van der Waals surface area contributed by atoms with Crippen molar-refractivity contribution in [3.63, 3.8) is 0 Å². The minimum absolute atomic E-state index is 0.181. The second kappa shape index (κ2) is 4.81. The fourth-order valence-electron chi connectivity index (χ4n) is 1.78. The van der Waals surface area contributed by atoms with E-state index in [0.717, 1.165) is 10.7 Å². The number of nitrogens with zero attached hydrogens (tertiary/aromatic N) is 3. The van der Waals surface area contributed by atoms with E-state index in [2.05, 4.69) is 15.3 Å². The van der Waals surface area contributed by atoms with Gasteiger partial charge < -0.3 is 5.32 Å². The molecule has 0 saturated heterocycles. The summed E-state index contributed by atoms with van der Waals surface area (Å²) in [7, 11) is 0. The highest BCUT2D eigenvalue weighted by Crippen LogP contribution is 2.16. The van der Waals surface area contributed by atoms with Gasteiger partial charge in [0.25, 0.3) is 5.91 Å². The Labute approximate surface area is 113 Å². The van der Waals surface area contributed by atoms with Gasteiger partial charge in [-0.25, -0.2) is 4.98 Å². The van der Waals surface area contributed by atoms with E-state index >= 15 is 0 Å². The quantitative estimate of drug-likeness (QED) is 0.793. The summed E-state index contributed by atoms with van der Waals surface area (Å²) in [5.74, 6) is -0.181. The molecule has 0 bridgehead atoms. The molecule has 3 aromatic heterocycles. The molecule has 6 heteroatoms. The van der Waals surface area contributed by atoms with E-state index in [1.54, 1.807) is 23.7 Å². The highest BCUT2D eigenvalue weighted by Gasteiger charge is 2.11. The first-order valence-corrected chi connectivity index (χ1v) is 6.67. The molecular weight excluding hydrogens is 260 g/mol. The van der Waals surface area contributed by atoms with Crippen LogP contribution in [-0.4, -0.2) is 20.3 Å². The van der Waals surface area contributed by atoms with Gasteiger partial charge in [-0.2, -0.15) is 0 Å². The predicted octanol–water partition coefficient (Wildman–Crippen LogP) is 2.03. The SMILES string of the molecule is Cc1cn2cc(C(=O)NCc3ccccn3)nc2s1. The third-order valence-electron chi connectivity index (χ3n) is 2.66. The number of imidazole rings is 1. The van der Waals surface area contributed by atoms with Crippen LogP contribution in [0.3, 0.4) is 0 Å². The second-order valence-corrected chi connectivity index (χ2v) is 5.37. The summed E-state index contributed by atoms with van der Waals surface area (Å²) in [6, 6.07) is 5.61. The van der Waals surface area contributed by atoms with E-state index < -0.39 is 0 Å². The molecule has 96 valence electrons. The number of fused-ring (bicyclic) bond motifs is 1. The number of amides is 1. The van der Waals surface area contributed by atoms with Gasteiger partial charge in [0.05, 0.1) is 12.2 Å². The number of aryl methyl sites for hydroxylation is 1. The minimum Gasteiger partial charge on any atom is -0.345 e. The highest BCUT2D eigenvalue weighted by atomic mass is 32.1. The van der Waals surface area contributed by atoms with Crippen molar-refractivity contribution in [3.8, 4) is 0 Å². The number of rotatable bonds is 3. The minimum atomic E-state index is -0.181. The van der Waals surface area contributed by atoms with Gasteiger partial charge in [-0.15, -0.1) is 11.3 Å². The molecule has 0 atom stereocenters. The summed E-state index contributed by atoms with van der Waals surface area (Å²) < 4.78 is 1.87. The van der Waals surface area contributed by atoms with Crippen molar-refractivity contribution in [2.75, 3.05) is 0 Å². The third kappa shape index (κ3) is 2.48. The average molecular weight is 272 g/mol. The van der Waals surface area contributed by atoms with Crippen LogP contribution in [0.1, 0.15) is 21.1 Å². The van der Waals surface area contributed by atoms with Crippen molar-refractivity contribution >= 4 is 22.2 Å². The van der Waals surface area contributed by atoms with Crippen LogP contribution in [0.15, 0.2) is 36.8 Å². The second-order valence-electron chi connectivity index (χ2n) is 4.16. The molecule has 0 unspecified atom stereocenters. The van der Waals surface area contributed by atoms with E-state index in [1.807, 2.05) is 35.7 Å².